The molecule has 0 saturated heterocycles. The number of para-hydroxylation sites is 2. The Morgan fingerprint density at radius 3 is 2.12 bits per heavy atom. The number of ether oxygens (including phenoxy) is 2. The van der Waals surface area contributed by atoms with Crippen LogP contribution in [0.5, 0.6) is 11.5 Å². The fourth-order valence-electron chi connectivity index (χ4n) is 2.30. The molecule has 3 rings (SSSR count). The minimum Gasteiger partial charge on any atom is -0.484 e. The van der Waals surface area contributed by atoms with E-state index in [2.05, 4.69) is 6.08 Å². The predicted molar refractivity (Wildman–Crippen MR) is 89.7 cm³/mol. The van der Waals surface area contributed by atoms with Crippen molar-refractivity contribution in [1.82, 2.24) is 0 Å². The third-order valence-corrected chi connectivity index (χ3v) is 3.46. The third kappa shape index (κ3) is 3.95. The molecule has 2 aromatic carbocycles. The van der Waals surface area contributed by atoms with Crippen LogP contribution in [-0.4, -0.2) is 23.1 Å². The summed E-state index contributed by atoms with van der Waals surface area (Å²) in [5, 5.41) is 9.40. The quantitative estimate of drug-likeness (QED) is 0.672. The zero-order valence-corrected chi connectivity index (χ0v) is 13.1. The highest BCUT2D eigenvalue weighted by Gasteiger charge is 2.38. The molecule has 5 heteroatoms. The first-order valence-electron chi connectivity index (χ1n) is 7.54. The van der Waals surface area contributed by atoms with Crippen LogP contribution in [0.1, 0.15) is 0 Å². The Labute approximate surface area is 144 Å². The van der Waals surface area contributed by atoms with Crippen LogP contribution in [0.25, 0.3) is 0 Å². The Balaban J connectivity index is 1.85. The second-order valence-electron chi connectivity index (χ2n) is 5.17. The van der Waals surface area contributed by atoms with E-state index in [4.69, 9.17) is 9.47 Å². The molecule has 0 amide bonds. The molecular formula is C20H14O5. The highest BCUT2D eigenvalue weighted by molar-refractivity contribution is 5.97. The van der Waals surface area contributed by atoms with E-state index in [-0.39, 0.29) is 11.5 Å². The van der Waals surface area contributed by atoms with Gasteiger partial charge < -0.3 is 14.6 Å². The number of benzene rings is 2. The third-order valence-electron chi connectivity index (χ3n) is 3.46. The molecule has 0 fully saturated rings. The van der Waals surface area contributed by atoms with Gasteiger partial charge in [-0.25, -0.2) is 4.79 Å². The minimum absolute atomic E-state index is 0.0869. The van der Waals surface area contributed by atoms with Crippen LogP contribution in [0.4, 0.5) is 0 Å². The number of carboxylic acids is 1. The number of carbonyl (C=O) groups is 2. The lowest BCUT2D eigenvalue weighted by Gasteiger charge is -2.26. The van der Waals surface area contributed by atoms with Crippen LogP contribution in [0.2, 0.25) is 0 Å². The maximum absolute atomic E-state index is 12.5. The number of rotatable bonds is 5. The average molecular weight is 334 g/mol. The molecule has 1 atom stereocenters. The van der Waals surface area contributed by atoms with E-state index in [1.807, 2.05) is 6.07 Å². The zero-order valence-electron chi connectivity index (χ0n) is 13.1. The summed E-state index contributed by atoms with van der Waals surface area (Å²) >= 11 is 0. The molecule has 0 aromatic heterocycles. The van der Waals surface area contributed by atoms with E-state index in [0.29, 0.717) is 11.5 Å². The average Bonchev–Trinajstić information content (AvgIpc) is 2.63. The monoisotopic (exact) mass is 334 g/mol. The van der Waals surface area contributed by atoms with Crippen molar-refractivity contribution in [3.05, 3.63) is 90.4 Å². The lowest BCUT2D eigenvalue weighted by Crippen LogP contribution is -2.38. The van der Waals surface area contributed by atoms with Crippen molar-refractivity contribution < 1.29 is 24.2 Å². The number of hydrogen-bond acceptors (Lipinski definition) is 4. The Hall–Kier alpha value is -3.34. The number of carboxylic acid groups (broad SMARTS) is 1. The van der Waals surface area contributed by atoms with Gasteiger partial charge in [0.1, 0.15) is 11.5 Å². The van der Waals surface area contributed by atoms with Crippen LogP contribution < -0.4 is 9.47 Å². The summed E-state index contributed by atoms with van der Waals surface area (Å²) in [6, 6.07) is 17.2. The largest absolute Gasteiger partial charge is 0.484 e. The molecule has 2 aromatic rings. The number of allylic oxidation sites excluding steroid dienone is 2. The molecule has 1 aliphatic carbocycles. The van der Waals surface area contributed by atoms with Crippen molar-refractivity contribution in [1.29, 1.82) is 0 Å². The topological polar surface area (TPSA) is 72.8 Å². The normalized spacial score (nSPS) is 16.8. The van der Waals surface area contributed by atoms with Crippen molar-refractivity contribution in [3.63, 3.8) is 0 Å². The molecule has 124 valence electrons. The fourth-order valence-corrected chi connectivity index (χ4v) is 2.30. The first-order valence-corrected chi connectivity index (χ1v) is 7.54. The first-order chi connectivity index (χ1) is 12.1. The van der Waals surface area contributed by atoms with Crippen molar-refractivity contribution >= 4 is 11.9 Å². The maximum Gasteiger partial charge on any atom is 0.336 e. The molecule has 0 saturated carbocycles. The fraction of sp³-hybridized carbons (Fsp3) is 0.0500. The number of carbonyl (C=O) groups excluding carboxylic acids is 1. The van der Waals surface area contributed by atoms with E-state index in [9.17, 15) is 14.7 Å². The van der Waals surface area contributed by atoms with Crippen molar-refractivity contribution in [3.8, 4) is 11.5 Å². The Morgan fingerprint density at radius 2 is 1.52 bits per heavy atom. The SMILES string of the molecule is O=C(Oc1ccccc1)[C]1C=C[C]=C(C(=O)O)C1Oc1ccccc1. The summed E-state index contributed by atoms with van der Waals surface area (Å²) in [7, 11) is 0. The lowest BCUT2D eigenvalue weighted by atomic mass is 9.90. The van der Waals surface area contributed by atoms with Crippen LogP contribution in [0, 0.1) is 12.0 Å². The van der Waals surface area contributed by atoms with Gasteiger partial charge in [0.15, 0.2) is 12.0 Å². The van der Waals surface area contributed by atoms with Gasteiger partial charge in [-0.3, -0.25) is 4.79 Å². The highest BCUT2D eigenvalue weighted by Crippen LogP contribution is 2.28. The summed E-state index contributed by atoms with van der Waals surface area (Å²) in [6.45, 7) is 0. The summed E-state index contributed by atoms with van der Waals surface area (Å²) in [5.74, 6) is -1.00. The molecule has 25 heavy (non-hydrogen) atoms. The van der Waals surface area contributed by atoms with E-state index in [0.717, 1.165) is 0 Å². The second kappa shape index (κ2) is 7.49. The van der Waals surface area contributed by atoms with Crippen molar-refractivity contribution in [2.75, 3.05) is 0 Å². The molecule has 0 spiro atoms. The molecule has 0 heterocycles. The second-order valence-corrected chi connectivity index (χ2v) is 5.17. The molecular weight excluding hydrogens is 320 g/mol. The van der Waals surface area contributed by atoms with Crippen LogP contribution in [0.3, 0.4) is 0 Å². The molecule has 1 unspecified atom stereocenters. The Bertz CT molecular complexity index is 808. The smallest absolute Gasteiger partial charge is 0.336 e. The predicted octanol–water partition coefficient (Wildman–Crippen LogP) is 3.00. The zero-order chi connectivity index (χ0) is 17.6. The summed E-state index contributed by atoms with van der Waals surface area (Å²) in [6.07, 6.45) is 4.33. The van der Waals surface area contributed by atoms with E-state index in [1.54, 1.807) is 54.6 Å². The molecule has 1 aliphatic rings. The number of esters is 1. The van der Waals surface area contributed by atoms with Gasteiger partial charge in [-0.15, -0.1) is 0 Å². The van der Waals surface area contributed by atoms with Gasteiger partial charge in [0.2, 0.25) is 0 Å². The number of aliphatic carboxylic acids is 1. The molecule has 1 N–H and O–H groups in total. The Morgan fingerprint density at radius 1 is 0.920 bits per heavy atom. The van der Waals surface area contributed by atoms with Gasteiger partial charge in [-0.2, -0.15) is 0 Å². The van der Waals surface area contributed by atoms with Crippen LogP contribution in [0.15, 0.2) is 78.4 Å². The van der Waals surface area contributed by atoms with Gasteiger partial charge in [-0.05, 0) is 30.3 Å². The molecule has 5 nitrogen and oxygen atoms in total. The minimum atomic E-state index is -1.21. The lowest BCUT2D eigenvalue weighted by molar-refractivity contribution is -0.134. The Kier molecular flexibility index (Phi) is 4.95. The van der Waals surface area contributed by atoms with E-state index < -0.39 is 18.0 Å². The van der Waals surface area contributed by atoms with E-state index >= 15 is 0 Å². The summed E-state index contributed by atoms with van der Waals surface area (Å²) in [5.41, 5.74) is -0.161. The van der Waals surface area contributed by atoms with Crippen molar-refractivity contribution in [2.45, 2.75) is 6.10 Å². The maximum atomic E-state index is 12.5. The molecule has 2 radical (unpaired) electrons. The standard InChI is InChI=1S/C20H14O5/c21-19(22)16-12-7-13-17(18(16)24-14-8-3-1-4-9-14)20(23)25-15-10-5-2-6-11-15/h1-11,13,18H,(H,21,22). The van der Waals surface area contributed by atoms with Gasteiger partial charge in [0, 0.05) is 0 Å². The van der Waals surface area contributed by atoms with Gasteiger partial charge >= 0.3 is 11.9 Å². The molecule has 0 aliphatic heterocycles. The molecule has 0 bridgehead atoms. The van der Waals surface area contributed by atoms with E-state index in [1.165, 1.54) is 12.2 Å². The van der Waals surface area contributed by atoms with Gasteiger partial charge in [0.25, 0.3) is 0 Å². The van der Waals surface area contributed by atoms with Crippen molar-refractivity contribution in [2.24, 2.45) is 0 Å². The summed E-state index contributed by atoms with van der Waals surface area (Å²) < 4.78 is 11.0. The number of hydrogen-bond donors (Lipinski definition) is 1. The van der Waals surface area contributed by atoms with Crippen LogP contribution in [-0.2, 0) is 9.59 Å². The van der Waals surface area contributed by atoms with Gasteiger partial charge in [0.05, 0.1) is 5.57 Å². The van der Waals surface area contributed by atoms with Gasteiger partial charge in [-0.1, -0.05) is 48.6 Å². The highest BCUT2D eigenvalue weighted by atomic mass is 16.5. The van der Waals surface area contributed by atoms with Crippen LogP contribution >= 0.6 is 0 Å². The first kappa shape index (κ1) is 16.5. The summed E-state index contributed by atoms with van der Waals surface area (Å²) in [4.78, 5) is 24.0.